The monoisotopic (exact) mass is 418 g/mol. The van der Waals surface area contributed by atoms with Crippen LogP contribution < -0.4 is 5.32 Å². The molecule has 0 atom stereocenters. The van der Waals surface area contributed by atoms with Crippen molar-refractivity contribution in [2.24, 2.45) is 0 Å². The number of piperazine rings is 1. The molecule has 1 fully saturated rings. The molecule has 8 nitrogen and oxygen atoms in total. The summed E-state index contributed by atoms with van der Waals surface area (Å²) in [7, 11) is -3.56. The van der Waals surface area contributed by atoms with Crippen LogP contribution in [0.4, 0.5) is 8.78 Å². The summed E-state index contributed by atoms with van der Waals surface area (Å²) in [6.45, 7) is 4.62. The number of hydrogen-bond donors (Lipinski definition) is 1. The maximum atomic E-state index is 13.2. The third-order valence-electron chi connectivity index (χ3n) is 4.47. The van der Waals surface area contributed by atoms with Crippen LogP contribution in [0.15, 0.2) is 18.2 Å². The summed E-state index contributed by atoms with van der Waals surface area (Å²) in [6.07, 6.45) is 0. The Balaban J connectivity index is 1.87. The molecule has 2 amide bonds. The van der Waals surface area contributed by atoms with Crippen LogP contribution in [-0.4, -0.2) is 79.6 Å². The molecule has 156 valence electrons. The van der Waals surface area contributed by atoms with Gasteiger partial charge in [0, 0.05) is 50.9 Å². The van der Waals surface area contributed by atoms with Gasteiger partial charge in [0.25, 0.3) is 16.1 Å². The molecule has 0 radical (unpaired) electrons. The van der Waals surface area contributed by atoms with Crippen LogP contribution in [-0.2, 0) is 15.0 Å². The van der Waals surface area contributed by atoms with Crippen LogP contribution in [0.25, 0.3) is 0 Å². The number of nitrogens with zero attached hydrogens (tertiary/aromatic N) is 3. The van der Waals surface area contributed by atoms with Crippen LogP contribution in [0.1, 0.15) is 24.2 Å². The van der Waals surface area contributed by atoms with Gasteiger partial charge >= 0.3 is 0 Å². The fourth-order valence-corrected chi connectivity index (χ4v) is 4.54. The smallest absolute Gasteiger partial charge is 0.282 e. The van der Waals surface area contributed by atoms with Crippen molar-refractivity contribution in [1.29, 1.82) is 0 Å². The summed E-state index contributed by atoms with van der Waals surface area (Å²) in [4.78, 5) is 25.7. The van der Waals surface area contributed by atoms with Crippen molar-refractivity contribution in [3.63, 3.8) is 0 Å². The average Bonchev–Trinajstić information content (AvgIpc) is 2.66. The number of hydrogen-bond acceptors (Lipinski definition) is 4. The highest BCUT2D eigenvalue weighted by atomic mass is 32.2. The Morgan fingerprint density at radius 1 is 1.04 bits per heavy atom. The summed E-state index contributed by atoms with van der Waals surface area (Å²) in [5.41, 5.74) is -0.222. The second-order valence-corrected chi connectivity index (χ2v) is 8.14. The van der Waals surface area contributed by atoms with Gasteiger partial charge in [-0.05, 0) is 12.1 Å². The lowest BCUT2D eigenvalue weighted by Gasteiger charge is -2.36. The molecule has 28 heavy (non-hydrogen) atoms. The first kappa shape index (κ1) is 22.2. The normalized spacial score (nSPS) is 15.7. The Morgan fingerprint density at radius 2 is 1.57 bits per heavy atom. The summed E-state index contributed by atoms with van der Waals surface area (Å²) in [5.74, 6) is -2.94. The summed E-state index contributed by atoms with van der Waals surface area (Å²) in [6, 6.07) is 2.40. The molecule has 0 aliphatic carbocycles. The molecule has 0 aromatic heterocycles. The maximum Gasteiger partial charge on any atom is 0.282 e. The van der Waals surface area contributed by atoms with Gasteiger partial charge in [0.1, 0.15) is 11.6 Å². The van der Waals surface area contributed by atoms with Crippen molar-refractivity contribution in [2.75, 3.05) is 45.8 Å². The van der Waals surface area contributed by atoms with Crippen molar-refractivity contribution in [2.45, 2.75) is 13.8 Å². The molecule has 0 saturated carbocycles. The fraction of sp³-hybridized carbons (Fsp3) is 0.529. The minimum Gasteiger partial charge on any atom is -0.343 e. The first-order valence-corrected chi connectivity index (χ1v) is 10.4. The number of halogens is 2. The average molecular weight is 418 g/mol. The van der Waals surface area contributed by atoms with Gasteiger partial charge in [-0.15, -0.1) is 0 Å². The zero-order valence-corrected chi connectivity index (χ0v) is 16.6. The van der Waals surface area contributed by atoms with E-state index in [2.05, 4.69) is 5.32 Å². The second-order valence-electron chi connectivity index (χ2n) is 6.21. The van der Waals surface area contributed by atoms with Crippen molar-refractivity contribution >= 4 is 22.0 Å². The van der Waals surface area contributed by atoms with E-state index in [4.69, 9.17) is 0 Å². The van der Waals surface area contributed by atoms with E-state index >= 15 is 0 Å². The first-order chi connectivity index (χ1) is 13.2. The van der Waals surface area contributed by atoms with Crippen molar-refractivity contribution < 1.29 is 26.8 Å². The third kappa shape index (κ3) is 5.24. The molecule has 1 saturated heterocycles. The van der Waals surface area contributed by atoms with E-state index in [1.807, 2.05) is 0 Å². The Hall–Kier alpha value is -2.11. The minimum absolute atomic E-state index is 0.160. The van der Waals surface area contributed by atoms with Gasteiger partial charge in [0.05, 0.1) is 6.54 Å². The van der Waals surface area contributed by atoms with E-state index in [0.717, 1.165) is 12.1 Å². The molecule has 1 aromatic carbocycles. The summed E-state index contributed by atoms with van der Waals surface area (Å²) in [5, 5.41) is 2.32. The number of carbonyl (C=O) groups is 2. The Bertz CT molecular complexity index is 802. The SMILES string of the molecule is CCN(CC)S(=O)(=O)N1CCN(C(=O)CNC(=O)c2cc(F)cc(F)c2)CC1. The van der Waals surface area contributed by atoms with Crippen molar-refractivity contribution in [3.05, 3.63) is 35.4 Å². The van der Waals surface area contributed by atoms with E-state index in [1.165, 1.54) is 13.5 Å². The van der Waals surface area contributed by atoms with Gasteiger partial charge < -0.3 is 10.2 Å². The van der Waals surface area contributed by atoms with Gasteiger partial charge in [-0.3, -0.25) is 9.59 Å². The molecule has 1 N–H and O–H groups in total. The van der Waals surface area contributed by atoms with E-state index in [1.54, 1.807) is 13.8 Å². The zero-order chi connectivity index (χ0) is 20.9. The highest BCUT2D eigenvalue weighted by molar-refractivity contribution is 7.86. The van der Waals surface area contributed by atoms with Crippen LogP contribution in [0.3, 0.4) is 0 Å². The van der Waals surface area contributed by atoms with Gasteiger partial charge in [-0.1, -0.05) is 13.8 Å². The molecule has 1 aliphatic rings. The lowest BCUT2D eigenvalue weighted by molar-refractivity contribution is -0.131. The molecule has 0 spiro atoms. The number of carbonyl (C=O) groups excluding carboxylic acids is 2. The number of rotatable bonds is 7. The first-order valence-electron chi connectivity index (χ1n) is 8.96. The van der Waals surface area contributed by atoms with E-state index in [0.29, 0.717) is 19.2 Å². The predicted octanol–water partition coefficient (Wildman–Crippen LogP) is 0.425. The lowest BCUT2D eigenvalue weighted by atomic mass is 10.2. The number of amides is 2. The van der Waals surface area contributed by atoms with Crippen molar-refractivity contribution in [3.8, 4) is 0 Å². The molecular formula is C17H24F2N4O4S. The van der Waals surface area contributed by atoms with Gasteiger partial charge in [-0.2, -0.15) is 17.0 Å². The maximum absolute atomic E-state index is 13.2. The van der Waals surface area contributed by atoms with Crippen LogP contribution in [0.2, 0.25) is 0 Å². The predicted molar refractivity (Wildman–Crippen MR) is 98.7 cm³/mol. The Kier molecular flexibility index (Phi) is 7.44. The van der Waals surface area contributed by atoms with E-state index < -0.39 is 33.7 Å². The number of benzene rings is 1. The quantitative estimate of drug-likeness (QED) is 0.695. The van der Waals surface area contributed by atoms with Crippen molar-refractivity contribution in [1.82, 2.24) is 18.8 Å². The van der Waals surface area contributed by atoms with E-state index in [-0.39, 0.29) is 38.3 Å². The molecule has 1 aliphatic heterocycles. The fourth-order valence-electron chi connectivity index (χ4n) is 2.94. The van der Waals surface area contributed by atoms with Crippen LogP contribution >= 0.6 is 0 Å². The second kappa shape index (κ2) is 9.39. The minimum atomic E-state index is -3.56. The van der Waals surface area contributed by atoms with Crippen LogP contribution in [0.5, 0.6) is 0 Å². The molecule has 11 heteroatoms. The Morgan fingerprint density at radius 3 is 2.07 bits per heavy atom. The van der Waals surface area contributed by atoms with Gasteiger partial charge in [0.15, 0.2) is 0 Å². The third-order valence-corrected chi connectivity index (χ3v) is 6.66. The summed E-state index contributed by atoms with van der Waals surface area (Å²) >= 11 is 0. The zero-order valence-electron chi connectivity index (χ0n) is 15.8. The molecule has 0 unspecified atom stereocenters. The largest absolute Gasteiger partial charge is 0.343 e. The standard InChI is InChI=1S/C17H24F2N4O4S/c1-3-22(4-2)28(26,27)23-7-5-21(6-8-23)16(24)12-20-17(25)13-9-14(18)11-15(19)10-13/h9-11H,3-8,12H2,1-2H3,(H,20,25). The van der Waals surface area contributed by atoms with E-state index in [9.17, 15) is 26.8 Å². The lowest BCUT2D eigenvalue weighted by Crippen LogP contribution is -2.55. The topological polar surface area (TPSA) is 90.0 Å². The molecular weight excluding hydrogens is 394 g/mol. The summed E-state index contributed by atoms with van der Waals surface area (Å²) < 4.78 is 54.0. The Labute approximate surface area is 163 Å². The molecule has 1 aromatic rings. The van der Waals surface area contributed by atoms with Gasteiger partial charge in [0.2, 0.25) is 5.91 Å². The molecule has 0 bridgehead atoms. The molecule has 2 rings (SSSR count). The molecule has 1 heterocycles. The highest BCUT2D eigenvalue weighted by Gasteiger charge is 2.32. The van der Waals surface area contributed by atoms with Crippen LogP contribution in [0, 0.1) is 11.6 Å². The number of nitrogens with one attached hydrogen (secondary N) is 1. The van der Waals surface area contributed by atoms with Gasteiger partial charge in [-0.25, -0.2) is 8.78 Å². The highest BCUT2D eigenvalue weighted by Crippen LogP contribution is 2.12.